The summed E-state index contributed by atoms with van der Waals surface area (Å²) in [6, 6.07) is 4.05. The Bertz CT molecular complexity index is 375. The third-order valence-corrected chi connectivity index (χ3v) is 3.40. The SMILES string of the molecule is CC1(C)CCCN(Cc2cccnc2NN)C1. The molecular formula is C13H22N4. The van der Waals surface area contributed by atoms with Crippen molar-refractivity contribution in [3.05, 3.63) is 23.9 Å². The van der Waals surface area contributed by atoms with Crippen molar-refractivity contribution in [2.45, 2.75) is 33.2 Å². The topological polar surface area (TPSA) is 54.2 Å². The van der Waals surface area contributed by atoms with Crippen LogP contribution >= 0.6 is 0 Å². The van der Waals surface area contributed by atoms with Gasteiger partial charge in [0.25, 0.3) is 0 Å². The number of likely N-dealkylation sites (tertiary alicyclic amines) is 1. The fraction of sp³-hybridized carbons (Fsp3) is 0.615. The lowest BCUT2D eigenvalue weighted by Gasteiger charge is -2.38. The number of aromatic nitrogens is 1. The zero-order chi connectivity index (χ0) is 12.3. The molecule has 0 amide bonds. The molecule has 2 rings (SSSR count). The fourth-order valence-corrected chi connectivity index (χ4v) is 2.62. The second-order valence-electron chi connectivity index (χ2n) is 5.63. The predicted molar refractivity (Wildman–Crippen MR) is 70.3 cm³/mol. The molecular weight excluding hydrogens is 212 g/mol. The molecule has 1 aromatic rings. The summed E-state index contributed by atoms with van der Waals surface area (Å²) in [5.41, 5.74) is 4.27. The van der Waals surface area contributed by atoms with Crippen LogP contribution in [0.25, 0.3) is 0 Å². The van der Waals surface area contributed by atoms with Crippen molar-refractivity contribution >= 4 is 5.82 Å². The smallest absolute Gasteiger partial charge is 0.144 e. The molecule has 1 fully saturated rings. The average molecular weight is 234 g/mol. The molecule has 0 aliphatic carbocycles. The predicted octanol–water partition coefficient (Wildman–Crippen LogP) is 1.99. The van der Waals surface area contributed by atoms with Gasteiger partial charge in [-0.15, -0.1) is 0 Å². The van der Waals surface area contributed by atoms with Gasteiger partial charge in [-0.25, -0.2) is 10.8 Å². The van der Waals surface area contributed by atoms with Gasteiger partial charge in [-0.05, 0) is 30.9 Å². The Morgan fingerprint density at radius 1 is 1.53 bits per heavy atom. The number of nitrogen functional groups attached to an aromatic ring is 1. The number of rotatable bonds is 3. The first-order chi connectivity index (χ1) is 8.11. The van der Waals surface area contributed by atoms with Crippen molar-refractivity contribution in [1.82, 2.24) is 9.88 Å². The Hall–Kier alpha value is -1.13. The van der Waals surface area contributed by atoms with Gasteiger partial charge in [0, 0.05) is 24.8 Å². The number of nitrogens with two attached hydrogens (primary N) is 1. The number of hydrogen-bond donors (Lipinski definition) is 2. The highest BCUT2D eigenvalue weighted by Crippen LogP contribution is 2.29. The van der Waals surface area contributed by atoms with Gasteiger partial charge in [-0.3, -0.25) is 4.90 Å². The largest absolute Gasteiger partial charge is 0.308 e. The number of anilines is 1. The highest BCUT2D eigenvalue weighted by atomic mass is 15.3. The average Bonchev–Trinajstić information content (AvgIpc) is 2.28. The third-order valence-electron chi connectivity index (χ3n) is 3.40. The Morgan fingerprint density at radius 2 is 2.35 bits per heavy atom. The molecule has 0 bridgehead atoms. The van der Waals surface area contributed by atoms with Crippen molar-refractivity contribution < 1.29 is 0 Å². The monoisotopic (exact) mass is 234 g/mol. The van der Waals surface area contributed by atoms with Crippen molar-refractivity contribution in [2.75, 3.05) is 18.5 Å². The highest BCUT2D eigenvalue weighted by Gasteiger charge is 2.26. The van der Waals surface area contributed by atoms with E-state index in [4.69, 9.17) is 5.84 Å². The minimum absolute atomic E-state index is 0.427. The molecule has 17 heavy (non-hydrogen) atoms. The van der Waals surface area contributed by atoms with Gasteiger partial charge in [-0.2, -0.15) is 0 Å². The number of pyridine rings is 1. The van der Waals surface area contributed by atoms with E-state index in [9.17, 15) is 0 Å². The van der Waals surface area contributed by atoms with Gasteiger partial charge in [0.1, 0.15) is 5.82 Å². The summed E-state index contributed by atoms with van der Waals surface area (Å²) < 4.78 is 0. The molecule has 0 aromatic carbocycles. The van der Waals surface area contributed by atoms with E-state index < -0.39 is 0 Å². The van der Waals surface area contributed by atoms with Crippen LogP contribution in [0.2, 0.25) is 0 Å². The van der Waals surface area contributed by atoms with Crippen LogP contribution in [-0.4, -0.2) is 23.0 Å². The summed E-state index contributed by atoms with van der Waals surface area (Å²) >= 11 is 0. The summed E-state index contributed by atoms with van der Waals surface area (Å²) in [6.45, 7) is 7.92. The summed E-state index contributed by atoms with van der Waals surface area (Å²) in [6.07, 6.45) is 4.36. The van der Waals surface area contributed by atoms with Crippen LogP contribution in [0.4, 0.5) is 5.82 Å². The van der Waals surface area contributed by atoms with Gasteiger partial charge in [0.2, 0.25) is 0 Å². The molecule has 3 N–H and O–H groups in total. The Kier molecular flexibility index (Phi) is 3.64. The lowest BCUT2D eigenvalue weighted by Crippen LogP contribution is -2.39. The summed E-state index contributed by atoms with van der Waals surface area (Å²) in [5, 5.41) is 0. The van der Waals surface area contributed by atoms with Crippen molar-refractivity contribution in [3.8, 4) is 0 Å². The van der Waals surface area contributed by atoms with E-state index in [1.807, 2.05) is 6.07 Å². The van der Waals surface area contributed by atoms with Gasteiger partial charge in [0.05, 0.1) is 0 Å². The number of hydrazine groups is 1. The van der Waals surface area contributed by atoms with E-state index in [0.29, 0.717) is 5.41 Å². The van der Waals surface area contributed by atoms with E-state index in [-0.39, 0.29) is 0 Å². The molecule has 1 aliphatic heterocycles. The molecule has 94 valence electrons. The van der Waals surface area contributed by atoms with Crippen LogP contribution in [0.1, 0.15) is 32.3 Å². The first-order valence-electron chi connectivity index (χ1n) is 6.24. The first-order valence-corrected chi connectivity index (χ1v) is 6.24. The van der Waals surface area contributed by atoms with E-state index >= 15 is 0 Å². The van der Waals surface area contributed by atoms with Gasteiger partial charge < -0.3 is 5.43 Å². The van der Waals surface area contributed by atoms with Crippen molar-refractivity contribution in [1.29, 1.82) is 0 Å². The minimum atomic E-state index is 0.427. The van der Waals surface area contributed by atoms with Gasteiger partial charge >= 0.3 is 0 Å². The highest BCUT2D eigenvalue weighted by molar-refractivity contribution is 5.42. The van der Waals surface area contributed by atoms with E-state index in [1.54, 1.807) is 6.20 Å². The molecule has 2 heterocycles. The maximum atomic E-state index is 5.48. The lowest BCUT2D eigenvalue weighted by atomic mass is 9.84. The number of nitrogens with zero attached hydrogens (tertiary/aromatic N) is 2. The lowest BCUT2D eigenvalue weighted by molar-refractivity contribution is 0.112. The van der Waals surface area contributed by atoms with E-state index in [2.05, 4.69) is 35.2 Å². The molecule has 0 saturated carbocycles. The molecule has 0 radical (unpaired) electrons. The van der Waals surface area contributed by atoms with Crippen LogP contribution < -0.4 is 11.3 Å². The molecule has 1 saturated heterocycles. The molecule has 4 nitrogen and oxygen atoms in total. The number of nitrogens with one attached hydrogen (secondary N) is 1. The second-order valence-corrected chi connectivity index (χ2v) is 5.63. The summed E-state index contributed by atoms with van der Waals surface area (Å²) in [4.78, 5) is 6.72. The molecule has 0 unspecified atom stereocenters. The third kappa shape index (κ3) is 3.17. The first kappa shape index (κ1) is 12.3. The fourth-order valence-electron chi connectivity index (χ4n) is 2.62. The molecule has 0 atom stereocenters. The zero-order valence-corrected chi connectivity index (χ0v) is 10.7. The summed E-state index contributed by atoms with van der Waals surface area (Å²) in [7, 11) is 0. The number of piperidine rings is 1. The maximum absolute atomic E-state index is 5.48. The molecule has 1 aromatic heterocycles. The molecule has 0 spiro atoms. The quantitative estimate of drug-likeness (QED) is 0.620. The van der Waals surface area contributed by atoms with Gasteiger partial charge in [-0.1, -0.05) is 19.9 Å². The Morgan fingerprint density at radius 3 is 3.06 bits per heavy atom. The Labute approximate surface area is 103 Å². The van der Waals surface area contributed by atoms with Crippen molar-refractivity contribution in [2.24, 2.45) is 11.3 Å². The normalized spacial score (nSPS) is 20.2. The number of hydrogen-bond acceptors (Lipinski definition) is 4. The maximum Gasteiger partial charge on any atom is 0.144 e. The van der Waals surface area contributed by atoms with Crippen LogP contribution in [0, 0.1) is 5.41 Å². The van der Waals surface area contributed by atoms with Crippen molar-refractivity contribution in [3.63, 3.8) is 0 Å². The van der Waals surface area contributed by atoms with Gasteiger partial charge in [0.15, 0.2) is 0 Å². The second kappa shape index (κ2) is 5.02. The van der Waals surface area contributed by atoms with Crippen LogP contribution in [0.3, 0.4) is 0 Å². The molecule has 4 heteroatoms. The standard InChI is InChI=1S/C13H22N4/c1-13(2)6-4-8-17(10-13)9-11-5-3-7-15-12(11)16-14/h3,5,7H,4,6,8-10,14H2,1-2H3,(H,15,16). The molecule has 1 aliphatic rings. The summed E-state index contributed by atoms with van der Waals surface area (Å²) in [5.74, 6) is 6.27. The zero-order valence-electron chi connectivity index (χ0n) is 10.7. The van der Waals surface area contributed by atoms with Crippen LogP contribution in [0.15, 0.2) is 18.3 Å². The Balaban J connectivity index is 2.05. The van der Waals surface area contributed by atoms with E-state index in [0.717, 1.165) is 18.9 Å². The van der Waals surface area contributed by atoms with E-state index in [1.165, 1.54) is 24.9 Å². The van der Waals surface area contributed by atoms with Crippen LogP contribution in [-0.2, 0) is 6.54 Å². The minimum Gasteiger partial charge on any atom is -0.308 e. The van der Waals surface area contributed by atoms with Crippen LogP contribution in [0.5, 0.6) is 0 Å².